The van der Waals surface area contributed by atoms with E-state index in [1.54, 1.807) is 6.20 Å². The minimum Gasteiger partial charge on any atom is -0.396 e. The highest BCUT2D eigenvalue weighted by atomic mass is 79.9. The van der Waals surface area contributed by atoms with Crippen LogP contribution in [-0.2, 0) is 0 Å². The molecule has 2 aromatic rings. The van der Waals surface area contributed by atoms with Crippen LogP contribution >= 0.6 is 15.9 Å². The van der Waals surface area contributed by atoms with Gasteiger partial charge in [-0.2, -0.15) is 0 Å². The summed E-state index contributed by atoms with van der Waals surface area (Å²) in [5.74, 6) is 1.76. The molecule has 104 valence electrons. The van der Waals surface area contributed by atoms with Crippen molar-refractivity contribution in [1.29, 1.82) is 0 Å². The number of nitrogens with zero attached hydrogens (tertiary/aromatic N) is 1. The molecule has 0 saturated heterocycles. The van der Waals surface area contributed by atoms with Crippen molar-refractivity contribution in [2.45, 2.75) is 31.7 Å². The Labute approximate surface area is 127 Å². The lowest BCUT2D eigenvalue weighted by molar-refractivity contribution is 0.440. The van der Waals surface area contributed by atoms with Crippen molar-refractivity contribution in [2.24, 2.45) is 11.8 Å². The molecule has 0 radical (unpaired) electrons. The smallest absolute Gasteiger partial charge is 0.0743 e. The van der Waals surface area contributed by atoms with Gasteiger partial charge in [-0.1, -0.05) is 22.4 Å². The minimum absolute atomic E-state index is 0.584. The van der Waals surface area contributed by atoms with Crippen LogP contribution in [0.15, 0.2) is 28.9 Å². The fraction of sp³-hybridized carbons (Fsp3) is 0.438. The largest absolute Gasteiger partial charge is 0.396 e. The molecule has 3 N–H and O–H groups in total. The molecule has 0 spiro atoms. The molecule has 4 rings (SSSR count). The highest BCUT2D eigenvalue weighted by molar-refractivity contribution is 9.10. The van der Waals surface area contributed by atoms with Gasteiger partial charge in [0.2, 0.25) is 0 Å². The number of halogens is 1. The number of nitrogen functional groups attached to an aromatic ring is 1. The Morgan fingerprint density at radius 2 is 2.15 bits per heavy atom. The van der Waals surface area contributed by atoms with Gasteiger partial charge in [0, 0.05) is 15.9 Å². The SMILES string of the molecule is Nc1cnc2ccc(Br)cc2c1NC1CC2CCC1C2. The van der Waals surface area contributed by atoms with Crippen LogP contribution in [0.4, 0.5) is 11.4 Å². The van der Waals surface area contributed by atoms with Crippen LogP contribution in [-0.4, -0.2) is 11.0 Å². The van der Waals surface area contributed by atoms with Crippen molar-refractivity contribution < 1.29 is 0 Å². The second-order valence-corrected chi connectivity index (χ2v) is 7.09. The van der Waals surface area contributed by atoms with Gasteiger partial charge in [0.1, 0.15) is 0 Å². The van der Waals surface area contributed by atoms with Crippen molar-refractivity contribution in [3.63, 3.8) is 0 Å². The molecule has 4 heteroatoms. The first-order chi connectivity index (χ1) is 9.70. The molecule has 1 heterocycles. The Kier molecular flexibility index (Phi) is 2.88. The number of benzene rings is 1. The fourth-order valence-corrected chi connectivity index (χ4v) is 4.31. The standard InChI is InChI=1S/C16H18BrN3/c17-11-3-4-14-12(7-11)16(13(18)8-19-14)20-15-6-9-1-2-10(15)5-9/h3-4,7-10,15H,1-2,5-6,18H2,(H,19,20). The Bertz CT molecular complexity index is 665. The minimum atomic E-state index is 0.584. The zero-order valence-corrected chi connectivity index (χ0v) is 12.9. The van der Waals surface area contributed by atoms with E-state index < -0.39 is 0 Å². The van der Waals surface area contributed by atoms with Gasteiger partial charge in [0.05, 0.1) is 23.1 Å². The first-order valence-electron chi connectivity index (χ1n) is 7.31. The first-order valence-corrected chi connectivity index (χ1v) is 8.10. The Balaban J connectivity index is 1.74. The van der Waals surface area contributed by atoms with Crippen molar-refractivity contribution >= 4 is 38.2 Å². The number of rotatable bonds is 2. The summed E-state index contributed by atoms with van der Waals surface area (Å²) in [4.78, 5) is 4.42. The van der Waals surface area contributed by atoms with Gasteiger partial charge in [-0.05, 0) is 49.3 Å². The lowest BCUT2D eigenvalue weighted by atomic mass is 9.95. The molecule has 2 aliphatic carbocycles. The van der Waals surface area contributed by atoms with E-state index >= 15 is 0 Å². The topological polar surface area (TPSA) is 50.9 Å². The number of aromatic nitrogens is 1. The second-order valence-electron chi connectivity index (χ2n) is 6.18. The number of pyridine rings is 1. The summed E-state index contributed by atoms with van der Waals surface area (Å²) < 4.78 is 1.06. The molecule has 2 aliphatic rings. The van der Waals surface area contributed by atoms with Gasteiger partial charge in [0.25, 0.3) is 0 Å². The zero-order valence-electron chi connectivity index (χ0n) is 11.3. The number of fused-ring (bicyclic) bond motifs is 3. The molecule has 2 bridgehead atoms. The third-order valence-electron chi connectivity index (χ3n) is 4.93. The van der Waals surface area contributed by atoms with E-state index in [-0.39, 0.29) is 0 Å². The Hall–Kier alpha value is -1.29. The number of nitrogens with two attached hydrogens (primary N) is 1. The molecular formula is C16H18BrN3. The second kappa shape index (κ2) is 4.62. The Morgan fingerprint density at radius 3 is 2.90 bits per heavy atom. The van der Waals surface area contributed by atoms with Gasteiger partial charge in [-0.25, -0.2) is 0 Å². The number of anilines is 2. The molecule has 20 heavy (non-hydrogen) atoms. The lowest BCUT2D eigenvalue weighted by Crippen LogP contribution is -2.26. The molecule has 3 atom stereocenters. The first kappa shape index (κ1) is 12.5. The maximum Gasteiger partial charge on any atom is 0.0743 e. The Morgan fingerprint density at radius 1 is 1.25 bits per heavy atom. The van der Waals surface area contributed by atoms with Crippen LogP contribution in [0.2, 0.25) is 0 Å². The van der Waals surface area contributed by atoms with Crippen molar-refractivity contribution in [2.75, 3.05) is 11.1 Å². The van der Waals surface area contributed by atoms with Crippen LogP contribution in [0.25, 0.3) is 10.9 Å². The predicted octanol–water partition coefficient (Wildman–Crippen LogP) is 4.18. The quantitative estimate of drug-likeness (QED) is 0.867. The molecule has 1 aromatic carbocycles. The summed E-state index contributed by atoms with van der Waals surface area (Å²) in [5.41, 5.74) is 8.98. The van der Waals surface area contributed by atoms with Gasteiger partial charge >= 0.3 is 0 Å². The molecule has 3 unspecified atom stereocenters. The number of hydrogen-bond acceptors (Lipinski definition) is 3. The maximum atomic E-state index is 6.17. The van der Waals surface area contributed by atoms with Crippen LogP contribution in [0.5, 0.6) is 0 Å². The maximum absolute atomic E-state index is 6.17. The van der Waals surface area contributed by atoms with Crippen LogP contribution in [0.3, 0.4) is 0 Å². The van der Waals surface area contributed by atoms with Crippen LogP contribution in [0.1, 0.15) is 25.7 Å². The van der Waals surface area contributed by atoms with E-state index in [1.165, 1.54) is 25.7 Å². The molecule has 0 aliphatic heterocycles. The van der Waals surface area contributed by atoms with Crippen LogP contribution < -0.4 is 11.1 Å². The number of nitrogens with one attached hydrogen (secondary N) is 1. The van der Waals surface area contributed by atoms with Crippen molar-refractivity contribution in [3.05, 3.63) is 28.9 Å². The summed E-state index contributed by atoms with van der Waals surface area (Å²) in [6.45, 7) is 0. The summed E-state index contributed by atoms with van der Waals surface area (Å²) in [6, 6.07) is 6.74. The van der Waals surface area contributed by atoms with Gasteiger partial charge in [-0.3, -0.25) is 4.98 Å². The van der Waals surface area contributed by atoms with Gasteiger partial charge < -0.3 is 11.1 Å². The third kappa shape index (κ3) is 1.97. The molecule has 2 fully saturated rings. The molecule has 2 saturated carbocycles. The molecule has 3 nitrogen and oxygen atoms in total. The highest BCUT2D eigenvalue weighted by Gasteiger charge is 2.39. The van der Waals surface area contributed by atoms with E-state index in [4.69, 9.17) is 5.73 Å². The van der Waals surface area contributed by atoms with Gasteiger partial charge in [-0.15, -0.1) is 0 Å². The predicted molar refractivity (Wildman–Crippen MR) is 86.7 cm³/mol. The average Bonchev–Trinajstić information content (AvgIpc) is 3.04. The summed E-state index contributed by atoms with van der Waals surface area (Å²) in [6.07, 6.45) is 7.24. The van der Waals surface area contributed by atoms with E-state index in [0.717, 1.165) is 38.6 Å². The normalized spacial score (nSPS) is 28.1. The van der Waals surface area contributed by atoms with Crippen molar-refractivity contribution in [1.82, 2.24) is 4.98 Å². The highest BCUT2D eigenvalue weighted by Crippen LogP contribution is 2.46. The van der Waals surface area contributed by atoms with Crippen LogP contribution in [0, 0.1) is 11.8 Å². The van der Waals surface area contributed by atoms with E-state index in [9.17, 15) is 0 Å². The van der Waals surface area contributed by atoms with E-state index in [0.29, 0.717) is 6.04 Å². The third-order valence-corrected chi connectivity index (χ3v) is 5.42. The lowest BCUT2D eigenvalue weighted by Gasteiger charge is -2.25. The van der Waals surface area contributed by atoms with E-state index in [1.807, 2.05) is 12.1 Å². The average molecular weight is 332 g/mol. The monoisotopic (exact) mass is 331 g/mol. The summed E-state index contributed by atoms with van der Waals surface area (Å²) in [7, 11) is 0. The number of hydrogen-bond donors (Lipinski definition) is 2. The molecule has 0 amide bonds. The van der Waals surface area contributed by atoms with Crippen molar-refractivity contribution in [3.8, 4) is 0 Å². The van der Waals surface area contributed by atoms with Gasteiger partial charge in [0.15, 0.2) is 0 Å². The molecular weight excluding hydrogens is 314 g/mol. The fourth-order valence-electron chi connectivity index (χ4n) is 3.95. The summed E-state index contributed by atoms with van der Waals surface area (Å²) >= 11 is 3.54. The molecule has 1 aromatic heterocycles. The zero-order chi connectivity index (χ0) is 13.7. The summed E-state index contributed by atoms with van der Waals surface area (Å²) in [5, 5.41) is 4.84. The van der Waals surface area contributed by atoms with E-state index in [2.05, 4.69) is 32.3 Å².